The zero-order valence-corrected chi connectivity index (χ0v) is 15.8. The summed E-state index contributed by atoms with van der Waals surface area (Å²) in [5.74, 6) is -0.0695. The first-order valence-corrected chi connectivity index (χ1v) is 8.59. The molecular weight excluding hydrogens is 333 g/mol. The van der Waals surface area contributed by atoms with E-state index < -0.39 is 0 Å². The molecule has 2 rings (SSSR count). The van der Waals surface area contributed by atoms with E-state index in [1.165, 1.54) is 29.2 Å². The Kier molecular flexibility index (Phi) is 6.97. The molecule has 2 aromatic carbocycles. The van der Waals surface area contributed by atoms with Crippen molar-refractivity contribution in [3.05, 3.63) is 59.9 Å². The number of carbonyl (C=O) groups excluding carboxylic acids is 1. The maximum Gasteiger partial charge on any atom is 0.258 e. The molecule has 1 amide bonds. The van der Waals surface area contributed by atoms with Crippen LogP contribution >= 0.6 is 0 Å². The van der Waals surface area contributed by atoms with Crippen LogP contribution in [-0.2, 0) is 4.79 Å². The molecule has 140 valence electrons. The topological polar surface area (TPSA) is 46.0 Å². The van der Waals surface area contributed by atoms with E-state index in [2.05, 4.69) is 48.6 Å². The van der Waals surface area contributed by atoms with Crippen molar-refractivity contribution in [2.24, 2.45) is 0 Å². The summed E-state index contributed by atoms with van der Waals surface area (Å²) in [6.07, 6.45) is 0. The first-order chi connectivity index (χ1) is 12.4. The fraction of sp³-hybridized carbons (Fsp3) is 0.350. The Balaban J connectivity index is 1.89. The van der Waals surface area contributed by atoms with Gasteiger partial charge in [0.15, 0.2) is 6.61 Å². The van der Waals surface area contributed by atoms with E-state index in [9.17, 15) is 9.18 Å². The summed E-state index contributed by atoms with van der Waals surface area (Å²) < 4.78 is 18.2. The molecule has 0 fully saturated rings. The number of nitrogens with one attached hydrogen (secondary N) is 2. The third-order valence-electron chi connectivity index (χ3n) is 4.20. The van der Waals surface area contributed by atoms with Crippen LogP contribution in [0.2, 0.25) is 0 Å². The van der Waals surface area contributed by atoms with Gasteiger partial charge >= 0.3 is 0 Å². The van der Waals surface area contributed by atoms with E-state index in [4.69, 9.17) is 4.74 Å². The van der Waals surface area contributed by atoms with Gasteiger partial charge in [0.1, 0.15) is 17.6 Å². The average Bonchev–Trinajstić information content (AvgIpc) is 2.61. The Morgan fingerprint density at radius 3 is 2.27 bits per heavy atom. The van der Waals surface area contributed by atoms with Crippen LogP contribution < -0.4 is 19.9 Å². The van der Waals surface area contributed by atoms with Crippen LogP contribution in [0.3, 0.4) is 0 Å². The van der Waals surface area contributed by atoms with Gasteiger partial charge in [-0.15, -0.1) is 0 Å². The number of likely N-dealkylation sites (N-methyl/N-ethyl adjacent to an activating group) is 1. The molecule has 0 spiro atoms. The third-order valence-corrected chi connectivity index (χ3v) is 4.20. The fourth-order valence-electron chi connectivity index (χ4n) is 2.61. The van der Waals surface area contributed by atoms with Gasteiger partial charge in [-0.1, -0.05) is 12.1 Å². The molecule has 0 saturated carbocycles. The second kappa shape index (κ2) is 9.20. The van der Waals surface area contributed by atoms with Crippen molar-refractivity contribution >= 4 is 11.6 Å². The zero-order valence-electron chi connectivity index (χ0n) is 15.8. The minimum Gasteiger partial charge on any atom is -0.484 e. The highest BCUT2D eigenvalue weighted by molar-refractivity contribution is 5.77. The van der Waals surface area contributed by atoms with E-state index in [1.54, 1.807) is 0 Å². The molecule has 0 aliphatic carbocycles. The lowest BCUT2D eigenvalue weighted by Gasteiger charge is -2.23. The number of halogens is 1. The number of hydrogen-bond acceptors (Lipinski definition) is 3. The second-order valence-corrected chi connectivity index (χ2v) is 6.66. The summed E-state index contributed by atoms with van der Waals surface area (Å²) in [5, 5.41) is 2.91. The van der Waals surface area contributed by atoms with Crippen LogP contribution in [0.1, 0.15) is 11.6 Å². The summed E-state index contributed by atoms with van der Waals surface area (Å²) in [6.45, 7) is 0.413. The maximum absolute atomic E-state index is 12.9. The number of rotatable bonds is 8. The summed E-state index contributed by atoms with van der Waals surface area (Å²) in [4.78, 5) is 15.3. The van der Waals surface area contributed by atoms with Crippen molar-refractivity contribution in [1.82, 2.24) is 5.32 Å². The lowest BCUT2D eigenvalue weighted by atomic mass is 10.1. The fourth-order valence-corrected chi connectivity index (χ4v) is 2.61. The Labute approximate surface area is 154 Å². The molecule has 2 N–H and O–H groups in total. The molecule has 0 aliphatic heterocycles. The largest absolute Gasteiger partial charge is 0.484 e. The highest BCUT2D eigenvalue weighted by Crippen LogP contribution is 2.16. The predicted octanol–water partition coefficient (Wildman–Crippen LogP) is 1.27. The molecule has 0 unspecified atom stereocenters. The van der Waals surface area contributed by atoms with Crippen LogP contribution in [0.15, 0.2) is 48.5 Å². The highest BCUT2D eigenvalue weighted by Gasteiger charge is 2.19. The third kappa shape index (κ3) is 5.74. The summed E-state index contributed by atoms with van der Waals surface area (Å²) in [5.41, 5.74) is 2.30. The highest BCUT2D eigenvalue weighted by atomic mass is 19.1. The van der Waals surface area contributed by atoms with Gasteiger partial charge in [0.25, 0.3) is 5.91 Å². The zero-order chi connectivity index (χ0) is 19.1. The lowest BCUT2D eigenvalue weighted by Crippen LogP contribution is -3.07. The molecule has 0 aromatic heterocycles. The van der Waals surface area contributed by atoms with Crippen molar-refractivity contribution < 1.29 is 18.8 Å². The van der Waals surface area contributed by atoms with Crippen LogP contribution in [0, 0.1) is 5.82 Å². The van der Waals surface area contributed by atoms with Crippen LogP contribution in [0.25, 0.3) is 0 Å². The van der Waals surface area contributed by atoms with Crippen molar-refractivity contribution in [2.75, 3.05) is 46.2 Å². The van der Waals surface area contributed by atoms with Gasteiger partial charge in [0.05, 0.1) is 20.6 Å². The maximum atomic E-state index is 12.9. The van der Waals surface area contributed by atoms with E-state index in [-0.39, 0.29) is 24.4 Å². The number of carbonyl (C=O) groups is 1. The molecule has 1 atom stereocenters. The van der Waals surface area contributed by atoms with Gasteiger partial charge in [0, 0.05) is 25.3 Å². The molecule has 6 heteroatoms. The smallest absolute Gasteiger partial charge is 0.258 e. The average molecular weight is 360 g/mol. The normalized spacial score (nSPS) is 11.9. The summed E-state index contributed by atoms with van der Waals surface area (Å²) >= 11 is 0. The minimum absolute atomic E-state index is 0.0965. The molecule has 2 aromatic rings. The number of nitrogens with zero attached hydrogens (tertiary/aromatic N) is 1. The molecule has 0 bridgehead atoms. The van der Waals surface area contributed by atoms with Crippen molar-refractivity contribution in [3.63, 3.8) is 0 Å². The Hall–Kier alpha value is -2.60. The number of hydrogen-bond donors (Lipinski definition) is 2. The van der Waals surface area contributed by atoms with Gasteiger partial charge in [-0.2, -0.15) is 0 Å². The Morgan fingerprint density at radius 1 is 1.12 bits per heavy atom. The molecular formula is C20H27FN3O2+. The van der Waals surface area contributed by atoms with Gasteiger partial charge in [-0.3, -0.25) is 4.79 Å². The summed E-state index contributed by atoms with van der Waals surface area (Å²) in [7, 11) is 8.13. The SMILES string of the molecule is CN(C)c1ccc([C@H](CNC(=O)COc2ccc(F)cc2)[NH+](C)C)cc1. The van der Waals surface area contributed by atoms with Crippen molar-refractivity contribution in [2.45, 2.75) is 6.04 Å². The molecule has 0 heterocycles. The molecule has 0 saturated heterocycles. The summed E-state index contributed by atoms with van der Waals surface area (Å²) in [6, 6.07) is 14.1. The Bertz CT molecular complexity index is 700. The van der Waals surface area contributed by atoms with Gasteiger partial charge in [-0.05, 0) is 36.4 Å². The number of ether oxygens (including phenoxy) is 1. The quantitative estimate of drug-likeness (QED) is 0.745. The number of quaternary nitrogens is 1. The van der Waals surface area contributed by atoms with E-state index in [0.29, 0.717) is 12.3 Å². The molecule has 0 aliphatic rings. The van der Waals surface area contributed by atoms with Crippen LogP contribution in [0.5, 0.6) is 5.75 Å². The second-order valence-electron chi connectivity index (χ2n) is 6.66. The van der Waals surface area contributed by atoms with Gasteiger partial charge in [0.2, 0.25) is 0 Å². The van der Waals surface area contributed by atoms with Crippen LogP contribution in [-0.4, -0.2) is 47.2 Å². The van der Waals surface area contributed by atoms with Gasteiger partial charge < -0.3 is 19.9 Å². The molecule has 5 nitrogen and oxygen atoms in total. The first kappa shape index (κ1) is 19.7. The van der Waals surface area contributed by atoms with Crippen molar-refractivity contribution in [3.8, 4) is 5.75 Å². The minimum atomic E-state index is -0.334. The lowest BCUT2D eigenvalue weighted by molar-refractivity contribution is -0.890. The Morgan fingerprint density at radius 2 is 1.73 bits per heavy atom. The van der Waals surface area contributed by atoms with Gasteiger partial charge in [-0.25, -0.2) is 4.39 Å². The van der Waals surface area contributed by atoms with E-state index in [0.717, 1.165) is 11.3 Å². The predicted molar refractivity (Wildman–Crippen MR) is 101 cm³/mol. The number of amides is 1. The number of benzene rings is 2. The number of anilines is 1. The van der Waals surface area contributed by atoms with E-state index >= 15 is 0 Å². The molecule has 0 radical (unpaired) electrons. The van der Waals surface area contributed by atoms with Crippen molar-refractivity contribution in [1.29, 1.82) is 0 Å². The molecule has 26 heavy (non-hydrogen) atoms. The van der Waals surface area contributed by atoms with Crippen LogP contribution in [0.4, 0.5) is 10.1 Å². The first-order valence-electron chi connectivity index (χ1n) is 8.59. The monoisotopic (exact) mass is 360 g/mol. The van der Waals surface area contributed by atoms with E-state index in [1.807, 2.05) is 14.1 Å². The standard InChI is InChI=1S/C20H26FN3O2/c1-23(2)17-9-5-15(6-10-17)19(24(3)4)13-22-20(25)14-26-18-11-7-16(21)8-12-18/h5-12,19H,13-14H2,1-4H3,(H,22,25)/p+1/t19-/m0/s1.